The Hall–Kier alpha value is -0.0100. The number of ether oxygens (including phenoxy) is 2. The fraction of sp³-hybridized carbons (Fsp3) is 1.00. The molecule has 0 aromatic heterocycles. The molecule has 7 nitrogen and oxygen atoms in total. The lowest BCUT2D eigenvalue weighted by Gasteiger charge is -2.40. The molecule has 0 bridgehead atoms. The SMILES string of the molecule is CCCCCCCCCCCCCCCCCCOCC(COP(=O)(O)OC1CC2CCC23C(C1)[N+]3(C)C)OC. The molecule has 1 spiro atoms. The van der Waals surface area contributed by atoms with Gasteiger partial charge in [-0.05, 0) is 19.3 Å². The predicted octanol–water partition coefficient (Wildman–Crippen LogP) is 8.18. The van der Waals surface area contributed by atoms with E-state index >= 15 is 0 Å². The number of rotatable bonds is 25. The molecule has 8 heteroatoms. The molecule has 3 aliphatic rings. The average Bonchev–Trinajstić information content (AvgIpc) is 3.43. The number of phosphoric ester groups is 1. The molecule has 236 valence electrons. The highest BCUT2D eigenvalue weighted by Crippen LogP contribution is 2.69. The summed E-state index contributed by atoms with van der Waals surface area (Å²) in [6, 6.07) is 0.551. The van der Waals surface area contributed by atoms with Gasteiger partial charge in [-0.2, -0.15) is 0 Å². The maximum absolute atomic E-state index is 12.6. The first-order valence-corrected chi connectivity index (χ1v) is 18.4. The first-order valence-electron chi connectivity index (χ1n) is 16.9. The number of quaternary nitrogens is 1. The quantitative estimate of drug-likeness (QED) is 0.0502. The molecule has 1 saturated heterocycles. The Morgan fingerprint density at radius 1 is 0.850 bits per heavy atom. The van der Waals surface area contributed by atoms with E-state index in [0.717, 1.165) is 23.7 Å². The van der Waals surface area contributed by atoms with Crippen molar-refractivity contribution in [2.75, 3.05) is 41.0 Å². The van der Waals surface area contributed by atoms with Gasteiger partial charge in [-0.3, -0.25) is 9.05 Å². The first-order chi connectivity index (χ1) is 19.3. The van der Waals surface area contributed by atoms with E-state index in [4.69, 9.17) is 18.5 Å². The monoisotopic (exact) mass is 588 g/mol. The molecular weight excluding hydrogens is 525 g/mol. The van der Waals surface area contributed by atoms with Crippen molar-refractivity contribution in [1.29, 1.82) is 0 Å². The predicted molar refractivity (Wildman–Crippen MR) is 162 cm³/mol. The molecule has 3 rings (SSSR count). The summed E-state index contributed by atoms with van der Waals surface area (Å²) in [6.45, 7) is 3.32. The van der Waals surface area contributed by atoms with Crippen LogP contribution in [0.3, 0.4) is 0 Å². The molecule has 6 atom stereocenters. The lowest BCUT2D eigenvalue weighted by atomic mass is 9.64. The molecule has 6 unspecified atom stereocenters. The van der Waals surface area contributed by atoms with Gasteiger partial charge in [0.05, 0.1) is 33.4 Å². The Kier molecular flexibility index (Phi) is 14.9. The number of methoxy groups -OCH3 is 1. The molecule has 0 amide bonds. The summed E-state index contributed by atoms with van der Waals surface area (Å²) >= 11 is 0. The minimum Gasteiger partial charge on any atom is -0.379 e. The molecule has 1 aliphatic heterocycles. The third kappa shape index (κ3) is 10.0. The molecule has 0 radical (unpaired) electrons. The second-order valence-electron chi connectivity index (χ2n) is 13.5. The zero-order valence-corrected chi connectivity index (χ0v) is 27.4. The average molecular weight is 589 g/mol. The summed E-state index contributed by atoms with van der Waals surface area (Å²) in [5.74, 6) is 0.607. The van der Waals surface area contributed by atoms with Crippen LogP contribution in [0.5, 0.6) is 0 Å². The van der Waals surface area contributed by atoms with E-state index in [-0.39, 0.29) is 18.8 Å². The van der Waals surface area contributed by atoms with Crippen LogP contribution in [-0.2, 0) is 23.1 Å². The van der Waals surface area contributed by atoms with Gasteiger partial charge >= 0.3 is 7.82 Å². The van der Waals surface area contributed by atoms with Gasteiger partial charge in [0, 0.05) is 32.5 Å². The van der Waals surface area contributed by atoms with Crippen LogP contribution in [0.4, 0.5) is 0 Å². The molecule has 2 saturated carbocycles. The van der Waals surface area contributed by atoms with Crippen LogP contribution in [0.1, 0.15) is 135 Å². The number of unbranched alkanes of at least 4 members (excludes halogenated alkanes) is 15. The fourth-order valence-corrected chi connectivity index (χ4v) is 8.77. The van der Waals surface area contributed by atoms with E-state index in [1.165, 1.54) is 109 Å². The van der Waals surface area contributed by atoms with Crippen molar-refractivity contribution in [3.05, 3.63) is 0 Å². The molecular formula is C32H63NO6P+. The third-order valence-electron chi connectivity index (χ3n) is 10.5. The molecule has 3 fully saturated rings. The third-order valence-corrected chi connectivity index (χ3v) is 11.5. The zero-order chi connectivity index (χ0) is 28.9. The maximum Gasteiger partial charge on any atom is 0.472 e. The van der Waals surface area contributed by atoms with Crippen LogP contribution >= 0.6 is 7.82 Å². The number of hydrogen-bond acceptors (Lipinski definition) is 5. The Morgan fingerprint density at radius 2 is 1.40 bits per heavy atom. The van der Waals surface area contributed by atoms with Crippen LogP contribution in [0.25, 0.3) is 0 Å². The van der Waals surface area contributed by atoms with E-state index in [2.05, 4.69) is 21.0 Å². The maximum atomic E-state index is 12.6. The smallest absolute Gasteiger partial charge is 0.379 e. The summed E-state index contributed by atoms with van der Waals surface area (Å²) in [4.78, 5) is 10.3. The topological polar surface area (TPSA) is 74.2 Å². The zero-order valence-electron chi connectivity index (χ0n) is 26.5. The highest BCUT2D eigenvalue weighted by molar-refractivity contribution is 7.47. The van der Waals surface area contributed by atoms with Crippen molar-refractivity contribution >= 4 is 7.82 Å². The van der Waals surface area contributed by atoms with Gasteiger partial charge in [0.25, 0.3) is 0 Å². The van der Waals surface area contributed by atoms with Crippen molar-refractivity contribution in [3.8, 4) is 0 Å². The Bertz CT molecular complexity index is 751. The van der Waals surface area contributed by atoms with Gasteiger partial charge in [0.15, 0.2) is 5.54 Å². The Morgan fingerprint density at radius 3 is 1.88 bits per heavy atom. The number of likely N-dealkylation sites (N-methyl/N-ethyl adjacent to an activating group) is 1. The standard InChI is InChI=1S/C32H62NO6P/c1-5-6-7-8-9-10-11-12-13-14-15-16-17-18-19-20-23-37-26-30(36-4)27-38-40(34,35)39-29-24-28-21-22-32(28)31(25-29)33(32,2)3/h28-31H,5-27H2,1-4H3/p+1. The second kappa shape index (κ2) is 17.3. The van der Waals surface area contributed by atoms with Crippen LogP contribution in [0.15, 0.2) is 0 Å². The van der Waals surface area contributed by atoms with Crippen LogP contribution in [-0.4, -0.2) is 74.2 Å². The van der Waals surface area contributed by atoms with E-state index in [1.807, 2.05) is 0 Å². The van der Waals surface area contributed by atoms with E-state index < -0.39 is 7.82 Å². The normalized spacial score (nSPS) is 28.8. The second-order valence-corrected chi connectivity index (χ2v) is 14.9. The van der Waals surface area contributed by atoms with E-state index in [0.29, 0.717) is 30.7 Å². The van der Waals surface area contributed by atoms with Gasteiger partial charge in [-0.1, -0.05) is 103 Å². The summed E-state index contributed by atoms with van der Waals surface area (Å²) in [7, 11) is 2.04. The number of hydrogen-bond donors (Lipinski definition) is 1. The minimum atomic E-state index is -4.12. The van der Waals surface area contributed by atoms with Crippen molar-refractivity contribution in [3.63, 3.8) is 0 Å². The summed E-state index contributed by atoms with van der Waals surface area (Å²) in [6.07, 6.45) is 25.3. The van der Waals surface area contributed by atoms with Crippen LogP contribution < -0.4 is 0 Å². The highest BCUT2D eigenvalue weighted by Gasteiger charge is 2.83. The first kappa shape index (κ1) is 34.5. The van der Waals surface area contributed by atoms with Gasteiger partial charge in [0.1, 0.15) is 12.1 Å². The van der Waals surface area contributed by atoms with Gasteiger partial charge in [0.2, 0.25) is 0 Å². The van der Waals surface area contributed by atoms with Crippen molar-refractivity contribution in [2.24, 2.45) is 5.92 Å². The Balaban J connectivity index is 1.11. The van der Waals surface area contributed by atoms with E-state index in [1.54, 1.807) is 7.11 Å². The molecule has 1 heterocycles. The summed E-state index contributed by atoms with van der Waals surface area (Å²) in [5, 5.41) is 0. The van der Waals surface area contributed by atoms with Crippen LogP contribution in [0, 0.1) is 5.92 Å². The van der Waals surface area contributed by atoms with Gasteiger partial charge in [-0.15, -0.1) is 0 Å². The highest BCUT2D eigenvalue weighted by atomic mass is 31.2. The van der Waals surface area contributed by atoms with Crippen LogP contribution in [0.2, 0.25) is 0 Å². The molecule has 0 aromatic rings. The number of likely N-dealkylation sites (tertiary alicyclic amines) is 1. The largest absolute Gasteiger partial charge is 0.472 e. The van der Waals surface area contributed by atoms with Gasteiger partial charge < -0.3 is 18.9 Å². The molecule has 0 aromatic carbocycles. The lowest BCUT2D eigenvalue weighted by Crippen LogP contribution is -2.47. The number of nitrogens with zero attached hydrogens (tertiary/aromatic N) is 1. The van der Waals surface area contributed by atoms with Gasteiger partial charge in [-0.25, -0.2) is 4.57 Å². The minimum absolute atomic E-state index is 0.00565. The molecule has 40 heavy (non-hydrogen) atoms. The summed E-state index contributed by atoms with van der Waals surface area (Å²) in [5.41, 5.74) is 0.422. The fourth-order valence-electron chi connectivity index (χ4n) is 7.81. The lowest BCUT2D eigenvalue weighted by molar-refractivity contribution is -0.806. The summed E-state index contributed by atoms with van der Waals surface area (Å²) < 4.78 is 35.8. The molecule has 1 N–H and O–H groups in total. The van der Waals surface area contributed by atoms with Crippen molar-refractivity contribution < 1.29 is 32.5 Å². The van der Waals surface area contributed by atoms with Crippen molar-refractivity contribution in [2.45, 2.75) is 159 Å². The number of phosphoric acid groups is 1. The molecule has 2 aliphatic carbocycles. The van der Waals surface area contributed by atoms with Crippen molar-refractivity contribution in [1.82, 2.24) is 0 Å². The Labute approximate surface area is 246 Å². The van der Waals surface area contributed by atoms with E-state index in [9.17, 15) is 9.46 Å².